The number of carbonyl (C=O) groups is 1. The van der Waals surface area contributed by atoms with Crippen LogP contribution < -0.4 is 5.32 Å². The molecule has 0 unspecified atom stereocenters. The summed E-state index contributed by atoms with van der Waals surface area (Å²) in [6.07, 6.45) is 4.09. The van der Waals surface area contributed by atoms with E-state index in [2.05, 4.69) is 21.2 Å². The number of amides is 1. The Labute approximate surface area is 145 Å². The highest BCUT2D eigenvalue weighted by Crippen LogP contribution is 2.38. The van der Waals surface area contributed by atoms with Gasteiger partial charge in [-0.2, -0.15) is 0 Å². The molecular weight excluding hydrogens is 398 g/mol. The lowest BCUT2D eigenvalue weighted by Gasteiger charge is -2.11. The fourth-order valence-electron chi connectivity index (χ4n) is 2.12. The molecule has 3 nitrogen and oxygen atoms in total. The van der Waals surface area contributed by atoms with Gasteiger partial charge in [0.05, 0.1) is 15.7 Å². The SMILES string of the molecule is O=C(Nc1c(Cl)cc(Cl)cc1Cl)c1cc(Br)cn1C1CC1. The summed E-state index contributed by atoms with van der Waals surface area (Å²) in [5.74, 6) is -0.251. The Morgan fingerprint density at radius 2 is 1.81 bits per heavy atom. The highest BCUT2D eigenvalue weighted by Gasteiger charge is 2.28. The van der Waals surface area contributed by atoms with Crippen molar-refractivity contribution in [3.05, 3.63) is 49.6 Å². The molecule has 1 aliphatic rings. The van der Waals surface area contributed by atoms with Crippen LogP contribution in [0.1, 0.15) is 29.4 Å². The summed E-state index contributed by atoms with van der Waals surface area (Å²) in [5, 5.41) is 3.80. The Kier molecular flexibility index (Phi) is 4.23. The van der Waals surface area contributed by atoms with Crippen LogP contribution in [-0.4, -0.2) is 10.5 Å². The highest BCUT2D eigenvalue weighted by molar-refractivity contribution is 9.10. The number of aromatic nitrogens is 1. The Balaban J connectivity index is 1.90. The van der Waals surface area contributed by atoms with Gasteiger partial charge < -0.3 is 9.88 Å². The van der Waals surface area contributed by atoms with Gasteiger partial charge in [-0.15, -0.1) is 0 Å². The van der Waals surface area contributed by atoms with Gasteiger partial charge >= 0.3 is 0 Å². The molecule has 1 fully saturated rings. The first-order valence-corrected chi connectivity index (χ1v) is 8.21. The van der Waals surface area contributed by atoms with Gasteiger partial charge in [-0.1, -0.05) is 34.8 Å². The summed E-state index contributed by atoms with van der Waals surface area (Å²) in [4.78, 5) is 12.5. The summed E-state index contributed by atoms with van der Waals surface area (Å²) < 4.78 is 2.84. The number of rotatable bonds is 3. The van der Waals surface area contributed by atoms with Crippen LogP contribution in [0.3, 0.4) is 0 Å². The van der Waals surface area contributed by atoms with Gasteiger partial charge in [-0.25, -0.2) is 0 Å². The zero-order chi connectivity index (χ0) is 15.1. The van der Waals surface area contributed by atoms with Crippen molar-refractivity contribution in [2.24, 2.45) is 0 Å². The lowest BCUT2D eigenvalue weighted by Crippen LogP contribution is -2.16. The van der Waals surface area contributed by atoms with Gasteiger partial charge in [0.15, 0.2) is 0 Å². The number of nitrogens with one attached hydrogen (secondary N) is 1. The molecule has 0 saturated heterocycles. The number of carbonyl (C=O) groups excluding carboxylic acids is 1. The van der Waals surface area contributed by atoms with E-state index < -0.39 is 0 Å². The van der Waals surface area contributed by atoms with E-state index in [0.29, 0.717) is 32.5 Å². The molecule has 1 heterocycles. The third-order valence-electron chi connectivity index (χ3n) is 3.23. The zero-order valence-electron chi connectivity index (χ0n) is 10.7. The monoisotopic (exact) mass is 406 g/mol. The van der Waals surface area contributed by atoms with Crippen molar-refractivity contribution in [1.29, 1.82) is 0 Å². The second-order valence-corrected chi connectivity index (χ2v) is 7.05. The van der Waals surface area contributed by atoms with Crippen LogP contribution in [0.15, 0.2) is 28.9 Å². The van der Waals surface area contributed by atoms with E-state index >= 15 is 0 Å². The molecule has 2 aromatic rings. The standard InChI is InChI=1S/C14H10BrCl3N2O/c15-7-3-12(20(6-7)9-1-2-9)14(21)19-13-10(17)4-8(16)5-11(13)18/h3-6,9H,1-2H2,(H,19,21). The molecule has 21 heavy (non-hydrogen) atoms. The molecular formula is C14H10BrCl3N2O. The average molecular weight is 409 g/mol. The van der Waals surface area contributed by atoms with Crippen LogP contribution in [0.25, 0.3) is 0 Å². The van der Waals surface area contributed by atoms with Crippen LogP contribution in [0.4, 0.5) is 5.69 Å². The van der Waals surface area contributed by atoms with Gasteiger partial charge in [0.25, 0.3) is 5.91 Å². The molecule has 1 aromatic carbocycles. The molecule has 1 saturated carbocycles. The second kappa shape index (κ2) is 5.84. The average Bonchev–Trinajstić information content (AvgIpc) is 3.16. The number of anilines is 1. The number of nitrogens with zero attached hydrogens (tertiary/aromatic N) is 1. The van der Waals surface area contributed by atoms with Crippen LogP contribution in [0.5, 0.6) is 0 Å². The summed E-state index contributed by atoms with van der Waals surface area (Å²) in [7, 11) is 0. The van der Waals surface area contributed by atoms with Crippen molar-refractivity contribution in [3.63, 3.8) is 0 Å². The Morgan fingerprint density at radius 3 is 2.38 bits per heavy atom. The van der Waals surface area contributed by atoms with E-state index in [9.17, 15) is 4.79 Å². The summed E-state index contributed by atoms with van der Waals surface area (Å²) in [6.45, 7) is 0. The minimum atomic E-state index is -0.251. The van der Waals surface area contributed by atoms with Gasteiger partial charge in [0, 0.05) is 21.7 Å². The number of halogens is 4. The molecule has 1 aromatic heterocycles. The van der Waals surface area contributed by atoms with Crippen LogP contribution in [0.2, 0.25) is 15.1 Å². The van der Waals surface area contributed by atoms with E-state index in [1.165, 1.54) is 0 Å². The topological polar surface area (TPSA) is 34.0 Å². The van der Waals surface area contributed by atoms with E-state index in [4.69, 9.17) is 34.8 Å². The summed E-state index contributed by atoms with van der Waals surface area (Å²) >= 11 is 21.4. The van der Waals surface area contributed by atoms with Gasteiger partial charge in [0.2, 0.25) is 0 Å². The van der Waals surface area contributed by atoms with E-state index in [1.807, 2.05) is 10.8 Å². The van der Waals surface area contributed by atoms with Crippen LogP contribution >= 0.6 is 50.7 Å². The lowest BCUT2D eigenvalue weighted by molar-refractivity contribution is 0.101. The number of hydrogen-bond acceptors (Lipinski definition) is 1. The first-order chi connectivity index (χ1) is 9.95. The molecule has 0 aliphatic heterocycles. The van der Waals surface area contributed by atoms with Gasteiger partial charge in [-0.3, -0.25) is 4.79 Å². The molecule has 110 valence electrons. The van der Waals surface area contributed by atoms with Crippen molar-refractivity contribution in [2.45, 2.75) is 18.9 Å². The van der Waals surface area contributed by atoms with E-state index in [0.717, 1.165) is 17.3 Å². The van der Waals surface area contributed by atoms with Crippen LogP contribution in [-0.2, 0) is 0 Å². The highest BCUT2D eigenvalue weighted by atomic mass is 79.9. The zero-order valence-corrected chi connectivity index (χ0v) is 14.5. The first kappa shape index (κ1) is 15.2. The Hall–Kier alpha value is -0.680. The van der Waals surface area contributed by atoms with Gasteiger partial charge in [-0.05, 0) is 47.0 Å². The van der Waals surface area contributed by atoms with Crippen molar-refractivity contribution in [3.8, 4) is 0 Å². The van der Waals surface area contributed by atoms with E-state index in [1.54, 1.807) is 18.2 Å². The third-order valence-corrected chi connectivity index (χ3v) is 4.48. The molecule has 7 heteroatoms. The molecule has 0 spiro atoms. The fraction of sp³-hybridized carbons (Fsp3) is 0.214. The smallest absolute Gasteiger partial charge is 0.272 e. The summed E-state index contributed by atoms with van der Waals surface area (Å²) in [6, 6.07) is 5.26. The minimum absolute atomic E-state index is 0.251. The molecule has 1 amide bonds. The Bertz CT molecular complexity index is 702. The maximum absolute atomic E-state index is 12.5. The van der Waals surface area contributed by atoms with Crippen molar-refractivity contribution >= 4 is 62.3 Å². The normalized spacial score (nSPS) is 14.3. The first-order valence-electron chi connectivity index (χ1n) is 6.29. The lowest BCUT2D eigenvalue weighted by atomic mass is 10.3. The molecule has 1 aliphatic carbocycles. The molecule has 0 radical (unpaired) electrons. The largest absolute Gasteiger partial charge is 0.339 e. The van der Waals surface area contributed by atoms with Crippen molar-refractivity contribution in [1.82, 2.24) is 4.57 Å². The van der Waals surface area contributed by atoms with E-state index in [-0.39, 0.29) is 5.91 Å². The quantitative estimate of drug-likeness (QED) is 0.684. The van der Waals surface area contributed by atoms with Crippen molar-refractivity contribution in [2.75, 3.05) is 5.32 Å². The molecule has 1 N–H and O–H groups in total. The molecule has 3 rings (SSSR count). The Morgan fingerprint density at radius 1 is 1.19 bits per heavy atom. The molecule has 0 atom stereocenters. The predicted molar refractivity (Wildman–Crippen MR) is 89.8 cm³/mol. The van der Waals surface area contributed by atoms with Gasteiger partial charge in [0.1, 0.15) is 5.69 Å². The van der Waals surface area contributed by atoms with Crippen LogP contribution in [0, 0.1) is 0 Å². The second-order valence-electron chi connectivity index (χ2n) is 4.88. The number of benzene rings is 1. The predicted octanol–water partition coefficient (Wildman–Crippen LogP) is 5.80. The summed E-state index contributed by atoms with van der Waals surface area (Å²) in [5.41, 5.74) is 0.943. The third kappa shape index (κ3) is 3.24. The maximum atomic E-state index is 12.5. The molecule has 0 bridgehead atoms. The minimum Gasteiger partial charge on any atom is -0.339 e. The number of hydrogen-bond donors (Lipinski definition) is 1. The fourth-order valence-corrected chi connectivity index (χ4v) is 3.47. The van der Waals surface area contributed by atoms with Crippen molar-refractivity contribution < 1.29 is 4.79 Å². The maximum Gasteiger partial charge on any atom is 0.272 e.